The highest BCUT2D eigenvalue weighted by molar-refractivity contribution is 6.58. The fraction of sp³-hybridized carbons (Fsp3) is 0.706. The normalized spacial score (nSPS) is 25.1. The maximum absolute atomic E-state index is 12.2. The number of imidazole rings is 1. The summed E-state index contributed by atoms with van der Waals surface area (Å²) >= 11 is 0. The van der Waals surface area contributed by atoms with Crippen molar-refractivity contribution in [3.05, 3.63) is 16.7 Å². The van der Waals surface area contributed by atoms with Gasteiger partial charge in [0.1, 0.15) is 10.9 Å². The zero-order valence-corrected chi connectivity index (χ0v) is 18.0. The molecule has 0 saturated carbocycles. The summed E-state index contributed by atoms with van der Waals surface area (Å²) in [5, 5.41) is 19.4. The second-order valence-electron chi connectivity index (χ2n) is 8.64. The van der Waals surface area contributed by atoms with Gasteiger partial charge in [-0.1, -0.05) is 13.1 Å². The summed E-state index contributed by atoms with van der Waals surface area (Å²) < 4.78 is 14.4. The average molecular weight is 412 g/mol. The topological polar surface area (TPSA) is 149 Å². The van der Waals surface area contributed by atoms with E-state index in [1.165, 1.54) is 6.33 Å². The number of aliphatic hydroxyl groups is 2. The van der Waals surface area contributed by atoms with Gasteiger partial charge in [0.25, 0.3) is 5.56 Å². The number of nitrogens with one attached hydrogen (secondary N) is 1. The molecule has 1 aliphatic rings. The summed E-state index contributed by atoms with van der Waals surface area (Å²) in [4.78, 5) is 23.1. The van der Waals surface area contributed by atoms with E-state index in [1.54, 1.807) is 4.57 Å². The van der Waals surface area contributed by atoms with Gasteiger partial charge in [-0.25, -0.2) is 4.98 Å². The van der Waals surface area contributed by atoms with Gasteiger partial charge in [0.05, 0.1) is 40.0 Å². The third-order valence-corrected chi connectivity index (χ3v) is 7.65. The van der Waals surface area contributed by atoms with Crippen LogP contribution in [-0.4, -0.2) is 69.0 Å². The van der Waals surface area contributed by atoms with Crippen molar-refractivity contribution >= 4 is 25.9 Å². The summed E-state index contributed by atoms with van der Waals surface area (Å²) in [5.41, 5.74) is 3.99. The van der Waals surface area contributed by atoms with Gasteiger partial charge in [0, 0.05) is 6.42 Å². The van der Waals surface area contributed by atoms with E-state index in [4.69, 9.17) is 15.2 Å². The van der Waals surface area contributed by atoms with Crippen LogP contribution < -0.4 is 11.3 Å². The minimum Gasteiger partial charge on any atom is -0.393 e. The molecule has 5 N–H and O–H groups in total. The largest absolute Gasteiger partial charge is 0.393 e. The Morgan fingerprint density at radius 3 is 2.61 bits per heavy atom. The standard InChI is InChI=1S/C17H29N5O5Si/c1-15(2,3)26-10-6-17(28(4)5,27-16(10,7-23)8-24)22-9-19-11-12(22)20-14(18)21-13(11)25/h9-10,23-24,28H,6-8H2,1-5H3,(H3,18,20,21,25)/t10-,17-/m0/s1. The summed E-state index contributed by atoms with van der Waals surface area (Å²) in [6, 6.07) is 0. The molecule has 10 nitrogen and oxygen atoms in total. The van der Waals surface area contributed by atoms with Crippen LogP contribution in [0.2, 0.25) is 13.1 Å². The van der Waals surface area contributed by atoms with Crippen LogP contribution in [0, 0.1) is 0 Å². The number of nitrogens with two attached hydrogens (primary N) is 1. The number of aromatic amines is 1. The van der Waals surface area contributed by atoms with Crippen LogP contribution in [0.5, 0.6) is 0 Å². The average Bonchev–Trinajstić information content (AvgIpc) is 3.14. The molecule has 0 radical (unpaired) electrons. The van der Waals surface area contributed by atoms with Crippen molar-refractivity contribution in [3.63, 3.8) is 0 Å². The second kappa shape index (κ2) is 6.92. The van der Waals surface area contributed by atoms with E-state index in [-0.39, 0.29) is 11.5 Å². The molecule has 156 valence electrons. The molecule has 0 aliphatic carbocycles. The molecule has 28 heavy (non-hydrogen) atoms. The van der Waals surface area contributed by atoms with E-state index in [0.29, 0.717) is 12.1 Å². The number of nitrogens with zero attached hydrogens (tertiary/aromatic N) is 3. The first-order valence-corrected chi connectivity index (χ1v) is 12.2. The van der Waals surface area contributed by atoms with Gasteiger partial charge in [-0.3, -0.25) is 14.3 Å². The van der Waals surface area contributed by atoms with E-state index < -0.39 is 50.2 Å². The third-order valence-electron chi connectivity index (χ3n) is 5.21. The minimum absolute atomic E-state index is 0.0177. The predicted octanol–water partition coefficient (Wildman–Crippen LogP) is -0.292. The zero-order valence-electron chi connectivity index (χ0n) is 16.9. The summed E-state index contributed by atoms with van der Waals surface area (Å²) in [5.74, 6) is -0.0177. The van der Waals surface area contributed by atoms with Gasteiger partial charge in [-0.15, -0.1) is 0 Å². The summed E-state index contributed by atoms with van der Waals surface area (Å²) in [6.45, 7) is 9.09. The van der Waals surface area contributed by atoms with E-state index in [1.807, 2.05) is 20.8 Å². The first-order valence-electron chi connectivity index (χ1n) is 9.31. The lowest BCUT2D eigenvalue weighted by Gasteiger charge is -2.37. The summed E-state index contributed by atoms with van der Waals surface area (Å²) in [6.07, 6.45) is 1.34. The molecule has 3 rings (SSSR count). The highest BCUT2D eigenvalue weighted by atomic mass is 28.3. The minimum atomic E-state index is -1.70. The number of fused-ring (bicyclic) bond motifs is 1. The second-order valence-corrected chi connectivity index (χ2v) is 11.9. The SMILES string of the molecule is C[SiH](C)[C@]1(n2cnc3c(=O)[nH]c(N)nc32)C[C@H](OC(C)(C)C)C(CO)(CO)O1. The molecule has 0 aromatic carbocycles. The smallest absolute Gasteiger partial charge is 0.280 e. The molecular weight excluding hydrogens is 382 g/mol. The molecule has 1 aliphatic heterocycles. The van der Waals surface area contributed by atoms with E-state index in [0.717, 1.165) is 0 Å². The van der Waals surface area contributed by atoms with E-state index in [9.17, 15) is 15.0 Å². The highest BCUT2D eigenvalue weighted by Gasteiger charge is 2.59. The number of nitrogen functional groups attached to an aromatic ring is 1. The van der Waals surface area contributed by atoms with Gasteiger partial charge in [-0.05, 0) is 20.8 Å². The number of H-pyrrole nitrogens is 1. The van der Waals surface area contributed by atoms with Crippen LogP contribution in [0.1, 0.15) is 27.2 Å². The molecule has 2 aromatic rings. The number of rotatable bonds is 5. The van der Waals surface area contributed by atoms with Crippen molar-refractivity contribution < 1.29 is 19.7 Å². The molecule has 1 fully saturated rings. The molecule has 3 heterocycles. The van der Waals surface area contributed by atoms with Crippen LogP contribution in [-0.2, 0) is 14.8 Å². The molecule has 2 atom stereocenters. The van der Waals surface area contributed by atoms with Crippen molar-refractivity contribution in [2.75, 3.05) is 18.9 Å². The Balaban J connectivity index is 2.20. The lowest BCUT2D eigenvalue weighted by atomic mass is 9.97. The molecule has 11 heteroatoms. The maximum Gasteiger partial charge on any atom is 0.280 e. The molecular formula is C17H29N5O5Si. The lowest BCUT2D eigenvalue weighted by molar-refractivity contribution is -0.191. The van der Waals surface area contributed by atoms with Gasteiger partial charge in [0.15, 0.2) is 11.2 Å². The van der Waals surface area contributed by atoms with E-state index >= 15 is 0 Å². The van der Waals surface area contributed by atoms with Gasteiger partial charge < -0.3 is 25.4 Å². The quantitative estimate of drug-likeness (QED) is 0.490. The first-order chi connectivity index (χ1) is 13.0. The Bertz CT molecular complexity index is 917. The van der Waals surface area contributed by atoms with E-state index in [2.05, 4.69) is 28.0 Å². The number of hydrogen-bond donors (Lipinski definition) is 4. The Hall–Kier alpha value is -1.79. The zero-order chi connectivity index (χ0) is 20.9. The fourth-order valence-corrected chi connectivity index (χ4v) is 5.69. The van der Waals surface area contributed by atoms with Crippen LogP contribution in [0.25, 0.3) is 11.2 Å². The number of hydrogen-bond acceptors (Lipinski definition) is 8. The Morgan fingerprint density at radius 1 is 1.43 bits per heavy atom. The van der Waals surface area contributed by atoms with Crippen molar-refractivity contribution in [1.29, 1.82) is 0 Å². The van der Waals surface area contributed by atoms with Crippen molar-refractivity contribution in [3.8, 4) is 0 Å². The van der Waals surface area contributed by atoms with Crippen molar-refractivity contribution in [1.82, 2.24) is 19.5 Å². The highest BCUT2D eigenvalue weighted by Crippen LogP contribution is 2.46. The molecule has 1 saturated heterocycles. The van der Waals surface area contributed by atoms with Gasteiger partial charge >= 0.3 is 0 Å². The molecule has 0 amide bonds. The van der Waals surface area contributed by atoms with Crippen LogP contribution in [0.15, 0.2) is 11.1 Å². The fourth-order valence-electron chi connectivity index (χ4n) is 3.79. The van der Waals surface area contributed by atoms with Gasteiger partial charge in [0.2, 0.25) is 5.95 Å². The monoisotopic (exact) mass is 411 g/mol. The van der Waals surface area contributed by atoms with Crippen molar-refractivity contribution in [2.24, 2.45) is 0 Å². The maximum atomic E-state index is 12.2. The number of aliphatic hydroxyl groups excluding tert-OH is 2. The summed E-state index contributed by atoms with van der Waals surface area (Å²) in [7, 11) is -1.70. The molecule has 0 bridgehead atoms. The first kappa shape index (κ1) is 20.9. The Morgan fingerprint density at radius 2 is 2.07 bits per heavy atom. The molecule has 0 unspecified atom stereocenters. The van der Waals surface area contributed by atoms with Crippen LogP contribution in [0.3, 0.4) is 0 Å². The van der Waals surface area contributed by atoms with Crippen LogP contribution in [0.4, 0.5) is 5.95 Å². The number of anilines is 1. The Labute approximate surface area is 164 Å². The van der Waals surface area contributed by atoms with Crippen LogP contribution >= 0.6 is 0 Å². The molecule has 0 spiro atoms. The Kier molecular flexibility index (Phi) is 5.17. The number of ether oxygens (including phenoxy) is 2. The predicted molar refractivity (Wildman–Crippen MR) is 107 cm³/mol. The number of aromatic nitrogens is 4. The van der Waals surface area contributed by atoms with Crippen molar-refractivity contribution in [2.45, 2.75) is 62.9 Å². The van der Waals surface area contributed by atoms with Gasteiger partial charge in [-0.2, -0.15) is 4.98 Å². The molecule has 2 aromatic heterocycles. The third kappa shape index (κ3) is 3.26. The lowest BCUT2D eigenvalue weighted by Crippen LogP contribution is -2.52.